The molecule has 2 aromatic heterocycles. The van der Waals surface area contributed by atoms with Gasteiger partial charge in [0.2, 0.25) is 14.9 Å². The predicted molar refractivity (Wildman–Crippen MR) is 99.0 cm³/mol. The van der Waals surface area contributed by atoms with Gasteiger partial charge in [-0.15, -0.1) is 5.10 Å². The number of sulfone groups is 1. The van der Waals surface area contributed by atoms with Crippen LogP contribution in [0.15, 0.2) is 51.1 Å². The maximum atomic E-state index is 13.2. The molecule has 0 spiro atoms. The van der Waals surface area contributed by atoms with Crippen LogP contribution in [0.5, 0.6) is 5.75 Å². The zero-order valence-electron chi connectivity index (χ0n) is 14.8. The molecule has 0 fully saturated rings. The fourth-order valence-electron chi connectivity index (χ4n) is 3.18. The van der Waals surface area contributed by atoms with Crippen LogP contribution in [0.3, 0.4) is 0 Å². The second-order valence-electron chi connectivity index (χ2n) is 6.24. The number of para-hydroxylation sites is 1. The number of H-pyrrole nitrogens is 1. The van der Waals surface area contributed by atoms with Crippen LogP contribution >= 0.6 is 0 Å². The summed E-state index contributed by atoms with van der Waals surface area (Å²) in [6.07, 6.45) is 0. The van der Waals surface area contributed by atoms with Crippen molar-refractivity contribution in [1.29, 1.82) is 0 Å². The normalized spacial score (nSPS) is 12.0. The number of methoxy groups -OCH3 is 1. The van der Waals surface area contributed by atoms with Gasteiger partial charge in [-0.2, -0.15) is 4.52 Å². The van der Waals surface area contributed by atoms with E-state index < -0.39 is 15.4 Å². The highest BCUT2D eigenvalue weighted by molar-refractivity contribution is 7.91. The second kappa shape index (κ2) is 5.92. The first-order valence-electron chi connectivity index (χ1n) is 8.11. The molecule has 9 heteroatoms. The van der Waals surface area contributed by atoms with Gasteiger partial charge in [0.05, 0.1) is 17.4 Å². The number of fused-ring (bicyclic) bond motifs is 3. The van der Waals surface area contributed by atoms with Gasteiger partial charge in [0.15, 0.2) is 5.65 Å². The van der Waals surface area contributed by atoms with Gasteiger partial charge in [-0.25, -0.2) is 8.42 Å². The lowest BCUT2D eigenvalue weighted by atomic mass is 10.2. The number of rotatable bonds is 3. The molecule has 27 heavy (non-hydrogen) atoms. The van der Waals surface area contributed by atoms with Gasteiger partial charge in [0, 0.05) is 0 Å². The first kappa shape index (κ1) is 17.2. The molecular formula is C18H16N4O4S. The van der Waals surface area contributed by atoms with E-state index >= 15 is 0 Å². The second-order valence-corrected chi connectivity index (χ2v) is 8.07. The third kappa shape index (κ3) is 2.50. The van der Waals surface area contributed by atoms with E-state index in [9.17, 15) is 13.2 Å². The Kier molecular flexibility index (Phi) is 3.77. The lowest BCUT2D eigenvalue weighted by Crippen LogP contribution is -2.13. The van der Waals surface area contributed by atoms with Crippen molar-refractivity contribution in [1.82, 2.24) is 19.8 Å². The van der Waals surface area contributed by atoms with Crippen molar-refractivity contribution < 1.29 is 13.2 Å². The number of benzene rings is 2. The largest absolute Gasteiger partial charge is 0.494 e. The number of nitrogens with one attached hydrogen (secondary N) is 1. The summed E-state index contributed by atoms with van der Waals surface area (Å²) >= 11 is 0. The van der Waals surface area contributed by atoms with Crippen molar-refractivity contribution >= 4 is 26.4 Å². The third-order valence-corrected chi connectivity index (χ3v) is 6.24. The molecule has 4 rings (SSSR count). The molecule has 0 saturated carbocycles. The standard InChI is InChI=1S/C18H16N4O4S/c1-10-7-8-14(11(2)9-10)27(24,25)18-16-19-17(23)12-5-4-6-13(26-3)15(12)22(16)21-20-18/h4-9H,1-3H3,(H,19,23). The molecule has 0 bridgehead atoms. The molecule has 0 atom stereocenters. The highest BCUT2D eigenvalue weighted by Gasteiger charge is 2.28. The number of aryl methyl sites for hydroxylation is 2. The Morgan fingerprint density at radius 3 is 2.63 bits per heavy atom. The Bertz CT molecular complexity index is 1370. The monoisotopic (exact) mass is 384 g/mol. The molecule has 0 aliphatic rings. The van der Waals surface area contributed by atoms with Gasteiger partial charge in [0.25, 0.3) is 5.56 Å². The maximum Gasteiger partial charge on any atom is 0.259 e. The molecule has 0 saturated heterocycles. The average molecular weight is 384 g/mol. The van der Waals surface area contributed by atoms with E-state index in [-0.39, 0.29) is 15.6 Å². The van der Waals surface area contributed by atoms with Crippen LogP contribution < -0.4 is 10.3 Å². The van der Waals surface area contributed by atoms with Crippen LogP contribution in [-0.2, 0) is 9.84 Å². The smallest absolute Gasteiger partial charge is 0.259 e. The first-order chi connectivity index (χ1) is 12.8. The van der Waals surface area contributed by atoms with E-state index in [4.69, 9.17) is 4.74 Å². The fourth-order valence-corrected chi connectivity index (χ4v) is 4.65. The molecule has 138 valence electrons. The average Bonchev–Trinajstić information content (AvgIpc) is 3.05. The van der Waals surface area contributed by atoms with Crippen molar-refractivity contribution in [2.75, 3.05) is 7.11 Å². The molecule has 1 N–H and O–H groups in total. The quantitative estimate of drug-likeness (QED) is 0.579. The van der Waals surface area contributed by atoms with Crippen LogP contribution in [0.4, 0.5) is 0 Å². The van der Waals surface area contributed by atoms with E-state index in [1.807, 2.05) is 6.92 Å². The van der Waals surface area contributed by atoms with Crippen LogP contribution in [0.1, 0.15) is 11.1 Å². The van der Waals surface area contributed by atoms with Crippen LogP contribution in [-0.4, -0.2) is 35.3 Å². The van der Waals surface area contributed by atoms with Crippen molar-refractivity contribution in [2.24, 2.45) is 0 Å². The van der Waals surface area contributed by atoms with Crippen molar-refractivity contribution in [2.45, 2.75) is 23.8 Å². The van der Waals surface area contributed by atoms with Gasteiger partial charge < -0.3 is 9.72 Å². The fraction of sp³-hybridized carbons (Fsp3) is 0.167. The molecule has 0 unspecified atom stereocenters. The predicted octanol–water partition coefficient (Wildman–Crippen LogP) is 2.03. The van der Waals surface area contributed by atoms with Gasteiger partial charge in [-0.3, -0.25) is 4.79 Å². The number of aromatic nitrogens is 4. The minimum absolute atomic E-state index is 0.00280. The Labute approximate surface area is 154 Å². The van der Waals surface area contributed by atoms with Crippen molar-refractivity contribution in [3.8, 4) is 5.75 Å². The summed E-state index contributed by atoms with van der Waals surface area (Å²) < 4.78 is 32.9. The molecular weight excluding hydrogens is 368 g/mol. The highest BCUT2D eigenvalue weighted by Crippen LogP contribution is 2.28. The Morgan fingerprint density at radius 1 is 1.15 bits per heavy atom. The Hall–Kier alpha value is -3.20. The number of aromatic amines is 1. The van der Waals surface area contributed by atoms with Crippen LogP contribution in [0.2, 0.25) is 0 Å². The summed E-state index contributed by atoms with van der Waals surface area (Å²) in [5, 5.41) is 7.86. The van der Waals surface area contributed by atoms with E-state index in [1.165, 1.54) is 17.7 Å². The minimum Gasteiger partial charge on any atom is -0.494 e. The van der Waals surface area contributed by atoms with E-state index in [2.05, 4.69) is 15.3 Å². The molecule has 2 aromatic carbocycles. The summed E-state index contributed by atoms with van der Waals surface area (Å²) in [5.74, 6) is 0.393. The zero-order chi connectivity index (χ0) is 19.3. The number of ether oxygens (including phenoxy) is 1. The highest BCUT2D eigenvalue weighted by atomic mass is 32.2. The Morgan fingerprint density at radius 2 is 1.93 bits per heavy atom. The van der Waals surface area contributed by atoms with E-state index in [0.29, 0.717) is 22.2 Å². The molecule has 0 aliphatic carbocycles. The van der Waals surface area contributed by atoms with Crippen molar-refractivity contribution in [3.05, 3.63) is 57.9 Å². The maximum absolute atomic E-state index is 13.2. The van der Waals surface area contributed by atoms with Gasteiger partial charge in [-0.05, 0) is 37.6 Å². The lowest BCUT2D eigenvalue weighted by molar-refractivity contribution is 0.418. The molecule has 2 heterocycles. The molecule has 0 radical (unpaired) electrons. The molecule has 8 nitrogen and oxygen atoms in total. The third-order valence-electron chi connectivity index (χ3n) is 4.42. The van der Waals surface area contributed by atoms with E-state index in [0.717, 1.165) is 5.56 Å². The number of nitrogens with zero attached hydrogens (tertiary/aromatic N) is 3. The zero-order valence-corrected chi connectivity index (χ0v) is 15.7. The van der Waals surface area contributed by atoms with Crippen LogP contribution in [0, 0.1) is 13.8 Å². The first-order valence-corrected chi connectivity index (χ1v) is 9.59. The van der Waals surface area contributed by atoms with Crippen molar-refractivity contribution in [3.63, 3.8) is 0 Å². The van der Waals surface area contributed by atoms with Gasteiger partial charge in [-0.1, -0.05) is 29.0 Å². The Balaban J connectivity index is 2.09. The molecule has 0 amide bonds. The SMILES string of the molecule is COc1cccc2c(=O)[nH]c3c(S(=O)(=O)c4ccc(C)cc4C)nnn3c12. The summed E-state index contributed by atoms with van der Waals surface area (Å²) in [6, 6.07) is 9.97. The molecule has 0 aliphatic heterocycles. The van der Waals surface area contributed by atoms with Crippen LogP contribution in [0.25, 0.3) is 16.6 Å². The van der Waals surface area contributed by atoms with Gasteiger partial charge >= 0.3 is 0 Å². The molecule has 4 aromatic rings. The number of hydrogen-bond donors (Lipinski definition) is 1. The topological polar surface area (TPSA) is 106 Å². The number of hydrogen-bond acceptors (Lipinski definition) is 6. The summed E-state index contributed by atoms with van der Waals surface area (Å²) in [5.41, 5.74) is 1.45. The lowest BCUT2D eigenvalue weighted by Gasteiger charge is -2.08. The summed E-state index contributed by atoms with van der Waals surface area (Å²) in [6.45, 7) is 3.60. The van der Waals surface area contributed by atoms with E-state index in [1.54, 1.807) is 37.3 Å². The summed E-state index contributed by atoms with van der Waals surface area (Å²) in [7, 11) is -2.52. The summed E-state index contributed by atoms with van der Waals surface area (Å²) in [4.78, 5) is 15.2. The minimum atomic E-state index is -3.98. The van der Waals surface area contributed by atoms with Gasteiger partial charge in [0.1, 0.15) is 11.3 Å².